The van der Waals surface area contributed by atoms with Gasteiger partial charge in [-0.3, -0.25) is 4.79 Å². The van der Waals surface area contributed by atoms with Gasteiger partial charge in [0.15, 0.2) is 0 Å². The molecule has 2 N–H and O–H groups in total. The molecule has 0 saturated heterocycles. The van der Waals surface area contributed by atoms with E-state index in [0.717, 1.165) is 0 Å². The number of rotatable bonds is 1. The van der Waals surface area contributed by atoms with Crippen molar-refractivity contribution in [2.75, 3.05) is 6.54 Å². The van der Waals surface area contributed by atoms with E-state index in [1.165, 1.54) is 4.68 Å². The van der Waals surface area contributed by atoms with Gasteiger partial charge in [0, 0.05) is 0 Å². The molecule has 5 nitrogen and oxygen atoms in total. The maximum Gasteiger partial charge on any atom is 0.262 e. The van der Waals surface area contributed by atoms with Crippen molar-refractivity contribution in [3.8, 4) is 0 Å². The molecule has 0 saturated carbocycles. The highest BCUT2D eigenvalue weighted by Gasteiger charge is 2.08. The maximum atomic E-state index is 11.2. The Hall–Kier alpha value is -1.75. The number of para-hydroxylation sites is 1. The molecule has 0 unspecified atom stereocenters. The van der Waals surface area contributed by atoms with Gasteiger partial charge < -0.3 is 5.73 Å². The van der Waals surface area contributed by atoms with Gasteiger partial charge in [-0.25, -0.2) is 0 Å². The van der Waals surface area contributed by atoms with Crippen molar-refractivity contribution >= 4 is 16.9 Å². The summed E-state index contributed by atoms with van der Waals surface area (Å²) >= 11 is 0. The smallest absolute Gasteiger partial charge is 0.262 e. The van der Waals surface area contributed by atoms with Gasteiger partial charge in [-0.1, -0.05) is 17.3 Å². The summed E-state index contributed by atoms with van der Waals surface area (Å²) in [6.45, 7) is -0.0621. The SMILES string of the molecule is NCC(=O)n1nnc2ccccc21. The zero-order valence-electron chi connectivity index (χ0n) is 6.84. The van der Waals surface area contributed by atoms with Crippen LogP contribution < -0.4 is 5.73 Å². The molecule has 1 aromatic carbocycles. The number of benzene rings is 1. The Labute approximate surface area is 74.1 Å². The minimum Gasteiger partial charge on any atom is -0.322 e. The van der Waals surface area contributed by atoms with E-state index in [1.54, 1.807) is 12.1 Å². The number of aromatic nitrogens is 3. The summed E-state index contributed by atoms with van der Waals surface area (Å²) in [6.07, 6.45) is 0. The molecule has 0 radical (unpaired) electrons. The molecule has 0 spiro atoms. The standard InChI is InChI=1S/C8H8N4O/c9-5-8(13)12-7-4-2-1-3-6(7)10-11-12/h1-4H,5,9H2. The molecule has 0 atom stereocenters. The van der Waals surface area contributed by atoms with Crippen molar-refractivity contribution in [3.63, 3.8) is 0 Å². The molecule has 0 aliphatic rings. The Morgan fingerprint density at radius 1 is 1.46 bits per heavy atom. The highest BCUT2D eigenvalue weighted by atomic mass is 16.2. The molecule has 5 heteroatoms. The molecule has 0 fully saturated rings. The second-order valence-corrected chi connectivity index (χ2v) is 2.59. The van der Waals surface area contributed by atoms with E-state index in [0.29, 0.717) is 11.0 Å². The molecule has 2 aromatic rings. The fourth-order valence-corrected chi connectivity index (χ4v) is 1.14. The molecule has 0 amide bonds. The molecular formula is C8H8N4O. The van der Waals surface area contributed by atoms with E-state index in [4.69, 9.17) is 5.73 Å². The predicted octanol–water partition coefficient (Wildman–Crippen LogP) is 0.0302. The zero-order valence-corrected chi connectivity index (χ0v) is 6.84. The summed E-state index contributed by atoms with van der Waals surface area (Å²) in [4.78, 5) is 11.2. The van der Waals surface area contributed by atoms with Crippen LogP contribution in [0.1, 0.15) is 4.79 Å². The van der Waals surface area contributed by atoms with E-state index in [-0.39, 0.29) is 12.5 Å². The number of nitrogens with zero attached hydrogens (tertiary/aromatic N) is 3. The molecule has 0 aliphatic heterocycles. The summed E-state index contributed by atoms with van der Waals surface area (Å²) in [5.74, 6) is -0.256. The molecule has 1 heterocycles. The lowest BCUT2D eigenvalue weighted by Gasteiger charge is -1.95. The predicted molar refractivity (Wildman–Crippen MR) is 47.2 cm³/mol. The molecule has 1 aromatic heterocycles. The van der Waals surface area contributed by atoms with Gasteiger partial charge in [0.1, 0.15) is 5.52 Å². The summed E-state index contributed by atoms with van der Waals surface area (Å²) in [5.41, 5.74) is 6.61. The molecular weight excluding hydrogens is 168 g/mol. The highest BCUT2D eigenvalue weighted by molar-refractivity contribution is 5.89. The quantitative estimate of drug-likeness (QED) is 0.665. The van der Waals surface area contributed by atoms with Gasteiger partial charge in [-0.15, -0.1) is 5.10 Å². The van der Waals surface area contributed by atoms with Crippen LogP contribution in [0.5, 0.6) is 0 Å². The van der Waals surface area contributed by atoms with Crippen LogP contribution >= 0.6 is 0 Å². The minimum atomic E-state index is -0.256. The first-order chi connectivity index (χ1) is 6.33. The number of fused-ring (bicyclic) bond motifs is 1. The van der Waals surface area contributed by atoms with E-state index in [1.807, 2.05) is 12.1 Å². The van der Waals surface area contributed by atoms with Crippen LogP contribution in [0.4, 0.5) is 0 Å². The summed E-state index contributed by atoms with van der Waals surface area (Å²) < 4.78 is 1.22. The van der Waals surface area contributed by atoms with Gasteiger partial charge in [-0.05, 0) is 12.1 Å². The third-order valence-corrected chi connectivity index (χ3v) is 1.76. The fraction of sp³-hybridized carbons (Fsp3) is 0.125. The van der Waals surface area contributed by atoms with Gasteiger partial charge in [0.25, 0.3) is 5.91 Å². The second kappa shape index (κ2) is 2.95. The fourth-order valence-electron chi connectivity index (χ4n) is 1.14. The summed E-state index contributed by atoms with van der Waals surface area (Å²) in [7, 11) is 0. The van der Waals surface area contributed by atoms with Crippen LogP contribution in [0.25, 0.3) is 11.0 Å². The summed E-state index contributed by atoms with van der Waals surface area (Å²) in [6, 6.07) is 7.24. The van der Waals surface area contributed by atoms with Crippen molar-refractivity contribution in [2.24, 2.45) is 5.73 Å². The zero-order chi connectivity index (χ0) is 9.26. The molecule has 2 rings (SSSR count). The van der Waals surface area contributed by atoms with Gasteiger partial charge >= 0.3 is 0 Å². The lowest BCUT2D eigenvalue weighted by Crippen LogP contribution is -2.22. The second-order valence-electron chi connectivity index (χ2n) is 2.59. The maximum absolute atomic E-state index is 11.2. The highest BCUT2D eigenvalue weighted by Crippen LogP contribution is 2.08. The summed E-state index contributed by atoms with van der Waals surface area (Å²) in [5, 5.41) is 7.53. The van der Waals surface area contributed by atoms with Crippen molar-refractivity contribution in [1.29, 1.82) is 0 Å². The van der Waals surface area contributed by atoms with Crippen molar-refractivity contribution in [1.82, 2.24) is 15.0 Å². The number of hydrogen-bond donors (Lipinski definition) is 1. The molecule has 0 aliphatic carbocycles. The monoisotopic (exact) mass is 176 g/mol. The average molecular weight is 176 g/mol. The van der Waals surface area contributed by atoms with Gasteiger partial charge in [0.05, 0.1) is 12.1 Å². The molecule has 66 valence electrons. The van der Waals surface area contributed by atoms with E-state index in [2.05, 4.69) is 10.3 Å². The Morgan fingerprint density at radius 2 is 2.23 bits per heavy atom. The topological polar surface area (TPSA) is 73.8 Å². The van der Waals surface area contributed by atoms with Crippen LogP contribution in [0, 0.1) is 0 Å². The number of carbonyl (C=O) groups excluding carboxylic acids is 1. The Morgan fingerprint density at radius 3 is 3.00 bits per heavy atom. The van der Waals surface area contributed by atoms with Crippen molar-refractivity contribution < 1.29 is 4.79 Å². The molecule has 13 heavy (non-hydrogen) atoms. The Bertz CT molecular complexity index is 448. The first-order valence-electron chi connectivity index (χ1n) is 3.86. The largest absolute Gasteiger partial charge is 0.322 e. The van der Waals surface area contributed by atoms with Crippen LogP contribution in [0.3, 0.4) is 0 Å². The van der Waals surface area contributed by atoms with Gasteiger partial charge in [0.2, 0.25) is 0 Å². The molecule has 0 bridgehead atoms. The average Bonchev–Trinajstić information content (AvgIpc) is 2.60. The Balaban J connectivity index is 2.64. The van der Waals surface area contributed by atoms with Crippen molar-refractivity contribution in [3.05, 3.63) is 24.3 Å². The van der Waals surface area contributed by atoms with Crippen LogP contribution in [-0.2, 0) is 0 Å². The van der Waals surface area contributed by atoms with E-state index >= 15 is 0 Å². The third-order valence-electron chi connectivity index (χ3n) is 1.76. The van der Waals surface area contributed by atoms with Crippen molar-refractivity contribution in [2.45, 2.75) is 0 Å². The number of hydrogen-bond acceptors (Lipinski definition) is 4. The number of nitrogens with two attached hydrogens (primary N) is 1. The third kappa shape index (κ3) is 1.19. The minimum absolute atomic E-state index is 0.0621. The van der Waals surface area contributed by atoms with Crippen LogP contribution in [0.15, 0.2) is 24.3 Å². The van der Waals surface area contributed by atoms with E-state index < -0.39 is 0 Å². The normalized spacial score (nSPS) is 10.5. The lowest BCUT2D eigenvalue weighted by atomic mass is 10.3. The first kappa shape index (κ1) is 7.88. The first-order valence-corrected chi connectivity index (χ1v) is 3.86. The lowest BCUT2D eigenvalue weighted by molar-refractivity contribution is 0.0911. The Kier molecular flexibility index (Phi) is 1.79. The van der Waals surface area contributed by atoms with Gasteiger partial charge in [-0.2, -0.15) is 4.68 Å². The number of carbonyl (C=O) groups is 1. The van der Waals surface area contributed by atoms with Crippen LogP contribution in [0.2, 0.25) is 0 Å². The van der Waals surface area contributed by atoms with E-state index in [9.17, 15) is 4.79 Å². The van der Waals surface area contributed by atoms with Crippen LogP contribution in [-0.4, -0.2) is 27.4 Å².